The zero-order chi connectivity index (χ0) is 14.9. The zero-order valence-corrected chi connectivity index (χ0v) is 10.4. The van der Waals surface area contributed by atoms with E-state index in [4.69, 9.17) is 5.11 Å². The SMILES string of the molecule is CC(=O)c1nc2ncc([C@H](O)[C@H](O)CO)nc2c(=O)[nH]1. The molecule has 2 aromatic rings. The van der Waals surface area contributed by atoms with E-state index in [1.54, 1.807) is 0 Å². The third-order valence-electron chi connectivity index (χ3n) is 2.62. The molecule has 9 nitrogen and oxygen atoms in total. The molecule has 0 aliphatic heterocycles. The summed E-state index contributed by atoms with van der Waals surface area (Å²) >= 11 is 0. The number of aromatic nitrogens is 4. The number of hydrogen-bond acceptors (Lipinski definition) is 8. The predicted octanol–water partition coefficient (Wildman–Crippen LogP) is -1.70. The Morgan fingerprint density at radius 1 is 1.40 bits per heavy atom. The maximum absolute atomic E-state index is 11.8. The highest BCUT2D eigenvalue weighted by molar-refractivity contribution is 5.91. The van der Waals surface area contributed by atoms with Crippen molar-refractivity contribution in [1.82, 2.24) is 19.9 Å². The van der Waals surface area contributed by atoms with Crippen molar-refractivity contribution in [2.45, 2.75) is 19.1 Å². The minimum atomic E-state index is -1.48. The average Bonchev–Trinajstić information content (AvgIpc) is 2.45. The van der Waals surface area contributed by atoms with E-state index in [0.29, 0.717) is 0 Å². The number of ketones is 1. The van der Waals surface area contributed by atoms with Crippen LogP contribution in [0.2, 0.25) is 0 Å². The number of Topliss-reactive ketones (excluding diaryl/α,β-unsaturated/α-hetero) is 1. The number of aliphatic hydroxyl groups excluding tert-OH is 3. The van der Waals surface area contributed by atoms with Gasteiger partial charge in [-0.05, 0) is 0 Å². The highest BCUT2D eigenvalue weighted by Crippen LogP contribution is 2.14. The summed E-state index contributed by atoms with van der Waals surface area (Å²) in [5, 5.41) is 27.8. The quantitative estimate of drug-likeness (QED) is 0.484. The van der Waals surface area contributed by atoms with Crippen molar-refractivity contribution in [3.05, 3.63) is 28.1 Å². The minimum Gasteiger partial charge on any atom is -0.394 e. The van der Waals surface area contributed by atoms with Crippen LogP contribution in [0.3, 0.4) is 0 Å². The molecule has 0 amide bonds. The first-order valence-corrected chi connectivity index (χ1v) is 5.69. The first kappa shape index (κ1) is 14.2. The Balaban J connectivity index is 2.55. The van der Waals surface area contributed by atoms with Crippen molar-refractivity contribution < 1.29 is 20.1 Å². The van der Waals surface area contributed by atoms with Gasteiger partial charge in [-0.2, -0.15) is 0 Å². The molecule has 0 unspecified atom stereocenters. The number of fused-ring (bicyclic) bond motifs is 1. The van der Waals surface area contributed by atoms with Gasteiger partial charge in [0, 0.05) is 6.92 Å². The van der Waals surface area contributed by atoms with Crippen molar-refractivity contribution in [3.63, 3.8) is 0 Å². The van der Waals surface area contributed by atoms with Crippen LogP contribution in [0, 0.1) is 0 Å². The van der Waals surface area contributed by atoms with E-state index in [1.165, 1.54) is 6.92 Å². The Kier molecular flexibility index (Phi) is 3.84. The van der Waals surface area contributed by atoms with Crippen LogP contribution in [-0.2, 0) is 0 Å². The van der Waals surface area contributed by atoms with Crippen LogP contribution in [0.15, 0.2) is 11.0 Å². The van der Waals surface area contributed by atoms with Gasteiger partial charge in [-0.1, -0.05) is 0 Å². The number of nitrogens with zero attached hydrogens (tertiary/aromatic N) is 3. The Labute approximate surface area is 112 Å². The average molecular weight is 280 g/mol. The Hall–Kier alpha value is -2.23. The highest BCUT2D eigenvalue weighted by atomic mass is 16.4. The molecule has 9 heteroatoms. The molecule has 0 spiro atoms. The molecule has 0 aliphatic rings. The van der Waals surface area contributed by atoms with Crippen LogP contribution in [0.1, 0.15) is 29.3 Å². The van der Waals surface area contributed by atoms with Crippen LogP contribution in [0.4, 0.5) is 0 Å². The predicted molar refractivity (Wildman–Crippen MR) is 66.0 cm³/mol. The van der Waals surface area contributed by atoms with Crippen molar-refractivity contribution in [2.75, 3.05) is 6.61 Å². The smallest absolute Gasteiger partial charge is 0.279 e. The van der Waals surface area contributed by atoms with Gasteiger partial charge < -0.3 is 20.3 Å². The number of rotatable bonds is 4. The maximum atomic E-state index is 11.8. The molecular formula is C11H12N4O5. The normalized spacial score (nSPS) is 14.2. The van der Waals surface area contributed by atoms with E-state index in [9.17, 15) is 19.8 Å². The molecule has 0 fully saturated rings. The monoisotopic (exact) mass is 280 g/mol. The van der Waals surface area contributed by atoms with Gasteiger partial charge in [0.05, 0.1) is 18.5 Å². The van der Waals surface area contributed by atoms with E-state index in [2.05, 4.69) is 19.9 Å². The summed E-state index contributed by atoms with van der Waals surface area (Å²) in [4.78, 5) is 36.7. The fourth-order valence-electron chi connectivity index (χ4n) is 1.54. The summed E-state index contributed by atoms with van der Waals surface area (Å²) in [5.41, 5.74) is -0.979. The third kappa shape index (κ3) is 2.54. The van der Waals surface area contributed by atoms with E-state index >= 15 is 0 Å². The Morgan fingerprint density at radius 2 is 2.10 bits per heavy atom. The third-order valence-corrected chi connectivity index (χ3v) is 2.62. The number of nitrogens with one attached hydrogen (secondary N) is 1. The Morgan fingerprint density at radius 3 is 2.70 bits per heavy atom. The molecule has 2 rings (SSSR count). The lowest BCUT2D eigenvalue weighted by molar-refractivity contribution is -0.0173. The first-order chi connectivity index (χ1) is 9.43. The second kappa shape index (κ2) is 5.41. The minimum absolute atomic E-state index is 0.0478. The molecule has 2 atom stereocenters. The molecule has 4 N–H and O–H groups in total. The van der Waals surface area contributed by atoms with Gasteiger partial charge in [-0.3, -0.25) is 9.59 Å². The van der Waals surface area contributed by atoms with Crippen molar-refractivity contribution in [1.29, 1.82) is 0 Å². The fraction of sp³-hybridized carbons (Fsp3) is 0.364. The fourth-order valence-corrected chi connectivity index (χ4v) is 1.54. The molecule has 2 aromatic heterocycles. The maximum Gasteiger partial charge on any atom is 0.279 e. The van der Waals surface area contributed by atoms with Crippen LogP contribution < -0.4 is 5.56 Å². The van der Waals surface area contributed by atoms with Gasteiger partial charge >= 0.3 is 0 Å². The molecule has 0 bridgehead atoms. The number of carbonyl (C=O) groups is 1. The summed E-state index contributed by atoms with van der Waals surface area (Å²) in [6.07, 6.45) is -1.81. The Bertz CT molecular complexity index is 714. The van der Waals surface area contributed by atoms with Crippen LogP contribution in [0.5, 0.6) is 0 Å². The van der Waals surface area contributed by atoms with E-state index < -0.39 is 30.2 Å². The lowest BCUT2D eigenvalue weighted by atomic mass is 10.1. The van der Waals surface area contributed by atoms with Gasteiger partial charge in [-0.25, -0.2) is 15.0 Å². The second-order valence-corrected chi connectivity index (χ2v) is 4.13. The van der Waals surface area contributed by atoms with Crippen molar-refractivity contribution >= 4 is 16.9 Å². The highest BCUT2D eigenvalue weighted by Gasteiger charge is 2.20. The molecular weight excluding hydrogens is 268 g/mol. The van der Waals surface area contributed by atoms with Gasteiger partial charge in [0.25, 0.3) is 5.56 Å². The largest absolute Gasteiger partial charge is 0.394 e. The number of hydrogen-bond donors (Lipinski definition) is 4. The lowest BCUT2D eigenvalue weighted by Gasteiger charge is -2.14. The molecule has 0 saturated carbocycles. The van der Waals surface area contributed by atoms with Crippen LogP contribution >= 0.6 is 0 Å². The van der Waals surface area contributed by atoms with Gasteiger partial charge in [0.2, 0.25) is 0 Å². The van der Waals surface area contributed by atoms with Crippen molar-refractivity contribution in [3.8, 4) is 0 Å². The lowest BCUT2D eigenvalue weighted by Crippen LogP contribution is -2.24. The summed E-state index contributed by atoms with van der Waals surface area (Å²) in [6, 6.07) is 0. The first-order valence-electron chi connectivity index (χ1n) is 5.69. The number of carbonyl (C=O) groups excluding carboxylic acids is 1. The molecule has 0 aromatic carbocycles. The van der Waals surface area contributed by atoms with E-state index in [-0.39, 0.29) is 22.7 Å². The van der Waals surface area contributed by atoms with Gasteiger partial charge in [0.1, 0.15) is 12.2 Å². The number of H-pyrrole nitrogens is 1. The molecule has 20 heavy (non-hydrogen) atoms. The summed E-state index contributed by atoms with van der Waals surface area (Å²) in [5.74, 6) is -0.564. The molecule has 0 saturated heterocycles. The van der Waals surface area contributed by atoms with Crippen molar-refractivity contribution in [2.24, 2.45) is 0 Å². The molecule has 2 heterocycles. The van der Waals surface area contributed by atoms with Crippen LogP contribution in [-0.4, -0.2) is 53.7 Å². The van der Waals surface area contributed by atoms with Crippen LogP contribution in [0.25, 0.3) is 11.2 Å². The topological polar surface area (TPSA) is 149 Å². The number of aliphatic hydroxyl groups is 3. The zero-order valence-electron chi connectivity index (χ0n) is 10.4. The van der Waals surface area contributed by atoms with E-state index in [0.717, 1.165) is 6.20 Å². The summed E-state index contributed by atoms with van der Waals surface area (Å²) in [6.45, 7) is 0.575. The number of aromatic amines is 1. The second-order valence-electron chi connectivity index (χ2n) is 4.13. The van der Waals surface area contributed by atoms with E-state index in [1.807, 2.05) is 0 Å². The van der Waals surface area contributed by atoms with Gasteiger partial charge in [0.15, 0.2) is 22.8 Å². The molecule has 106 valence electrons. The standard InChI is InChI=1S/C11H12N4O5/c1-4(17)9-14-10-7(11(20)15-9)13-5(2-12-10)8(19)6(18)3-16/h2,6,8,16,18-19H,3H2,1H3,(H,12,14,15,20)/t6-,8+/m1/s1. The van der Waals surface area contributed by atoms with Gasteiger partial charge in [-0.15, -0.1) is 0 Å². The molecule has 0 aliphatic carbocycles. The summed E-state index contributed by atoms with van der Waals surface area (Å²) in [7, 11) is 0. The summed E-state index contributed by atoms with van der Waals surface area (Å²) < 4.78 is 0. The molecule has 0 radical (unpaired) electrons.